The first-order valence-electron chi connectivity index (χ1n) is 11.5. The molecule has 1 fully saturated rings. The highest BCUT2D eigenvalue weighted by Crippen LogP contribution is 2.37. The summed E-state index contributed by atoms with van der Waals surface area (Å²) >= 11 is 1.55. The predicted molar refractivity (Wildman–Crippen MR) is 129 cm³/mol. The van der Waals surface area contributed by atoms with Gasteiger partial charge in [0.1, 0.15) is 16.9 Å². The highest BCUT2D eigenvalue weighted by molar-refractivity contribution is 7.16. The lowest BCUT2D eigenvalue weighted by Gasteiger charge is -2.38. The molecule has 0 saturated carbocycles. The van der Waals surface area contributed by atoms with Gasteiger partial charge in [0.2, 0.25) is 5.91 Å². The largest absolute Gasteiger partial charge is 0.367 e. The molecule has 1 aliphatic heterocycles. The number of ketones is 1. The van der Waals surface area contributed by atoms with E-state index in [2.05, 4.69) is 16.3 Å². The molecule has 6 nitrogen and oxygen atoms in total. The van der Waals surface area contributed by atoms with Crippen molar-refractivity contribution in [2.75, 3.05) is 36.4 Å². The Morgan fingerprint density at radius 1 is 1.15 bits per heavy atom. The van der Waals surface area contributed by atoms with Crippen molar-refractivity contribution in [3.05, 3.63) is 45.6 Å². The summed E-state index contributed by atoms with van der Waals surface area (Å²) in [4.78, 5) is 29.7. The average molecular weight is 469 g/mol. The van der Waals surface area contributed by atoms with Crippen LogP contribution in [0.1, 0.15) is 59.5 Å². The van der Waals surface area contributed by atoms with Crippen molar-refractivity contribution in [1.29, 1.82) is 5.26 Å². The fourth-order valence-electron chi connectivity index (χ4n) is 4.66. The van der Waals surface area contributed by atoms with Gasteiger partial charge in [-0.1, -0.05) is 6.42 Å². The van der Waals surface area contributed by atoms with Gasteiger partial charge < -0.3 is 10.2 Å². The third-order valence-electron chi connectivity index (χ3n) is 6.71. The maximum absolute atomic E-state index is 14.5. The van der Waals surface area contributed by atoms with Crippen molar-refractivity contribution in [2.45, 2.75) is 52.0 Å². The molecule has 0 unspecified atom stereocenters. The molecule has 2 heterocycles. The van der Waals surface area contributed by atoms with Crippen LogP contribution in [-0.4, -0.2) is 48.8 Å². The maximum atomic E-state index is 14.5. The zero-order valence-electron chi connectivity index (χ0n) is 19.1. The van der Waals surface area contributed by atoms with Crippen LogP contribution >= 0.6 is 11.3 Å². The molecule has 4 rings (SSSR count). The Balaban J connectivity index is 1.38. The second-order valence-corrected chi connectivity index (χ2v) is 9.90. The van der Waals surface area contributed by atoms with Gasteiger partial charge in [-0.25, -0.2) is 4.39 Å². The summed E-state index contributed by atoms with van der Waals surface area (Å²) in [6.07, 6.45) is 5.29. The molecule has 1 N–H and O–H groups in total. The predicted octanol–water partition coefficient (Wildman–Crippen LogP) is 4.38. The molecule has 0 spiro atoms. The molecule has 1 amide bonds. The number of rotatable bonds is 5. The fraction of sp³-hybridized carbons (Fsp3) is 0.480. The third-order valence-corrected chi connectivity index (χ3v) is 7.91. The van der Waals surface area contributed by atoms with E-state index in [0.717, 1.165) is 31.2 Å². The first-order valence-corrected chi connectivity index (χ1v) is 12.4. The summed E-state index contributed by atoms with van der Waals surface area (Å²) in [5.74, 6) is -0.677. The first kappa shape index (κ1) is 23.4. The Hall–Kier alpha value is -2.76. The second kappa shape index (κ2) is 10.0. The molecule has 1 aromatic carbocycles. The van der Waals surface area contributed by atoms with Crippen molar-refractivity contribution in [1.82, 2.24) is 4.90 Å². The lowest BCUT2D eigenvalue weighted by atomic mass is 10.1. The van der Waals surface area contributed by atoms with Gasteiger partial charge in [0.25, 0.3) is 0 Å². The summed E-state index contributed by atoms with van der Waals surface area (Å²) in [6.45, 7) is 5.71. The molecule has 174 valence electrons. The minimum absolute atomic E-state index is 0.117. The van der Waals surface area contributed by atoms with Gasteiger partial charge in [0, 0.05) is 36.6 Å². The lowest BCUT2D eigenvalue weighted by Crippen LogP contribution is -2.53. The number of piperazine rings is 1. The topological polar surface area (TPSA) is 76.4 Å². The number of hydrogen-bond acceptors (Lipinski definition) is 6. The molecule has 2 aliphatic rings. The molecule has 0 bridgehead atoms. The number of hydrogen-bond donors (Lipinski definition) is 1. The lowest BCUT2D eigenvalue weighted by molar-refractivity contribution is -0.120. The Labute approximate surface area is 198 Å². The number of amides is 1. The molecule has 1 aromatic heterocycles. The van der Waals surface area contributed by atoms with Gasteiger partial charge in [0.15, 0.2) is 5.78 Å². The summed E-state index contributed by atoms with van der Waals surface area (Å²) < 4.78 is 14.5. The van der Waals surface area contributed by atoms with Gasteiger partial charge in [-0.3, -0.25) is 14.5 Å². The number of carbonyl (C=O) groups is 2. The molecule has 1 saturated heterocycles. The van der Waals surface area contributed by atoms with E-state index >= 15 is 0 Å². The van der Waals surface area contributed by atoms with Crippen molar-refractivity contribution in [2.24, 2.45) is 0 Å². The van der Waals surface area contributed by atoms with Gasteiger partial charge in [-0.05, 0) is 63.3 Å². The number of nitrogens with one attached hydrogen (secondary N) is 1. The number of nitrogens with zero attached hydrogens (tertiary/aromatic N) is 3. The van der Waals surface area contributed by atoms with E-state index in [9.17, 15) is 19.2 Å². The van der Waals surface area contributed by atoms with Crippen LogP contribution in [0.3, 0.4) is 0 Å². The molecule has 33 heavy (non-hydrogen) atoms. The molecule has 1 atom stereocenters. The van der Waals surface area contributed by atoms with Crippen molar-refractivity contribution in [3.63, 3.8) is 0 Å². The quantitative estimate of drug-likeness (QED) is 0.521. The summed E-state index contributed by atoms with van der Waals surface area (Å²) in [7, 11) is 0. The van der Waals surface area contributed by atoms with Crippen LogP contribution in [-0.2, 0) is 17.6 Å². The van der Waals surface area contributed by atoms with E-state index < -0.39 is 5.82 Å². The van der Waals surface area contributed by atoms with E-state index in [1.807, 2.05) is 11.8 Å². The van der Waals surface area contributed by atoms with Crippen LogP contribution in [0.2, 0.25) is 0 Å². The highest BCUT2D eigenvalue weighted by atomic mass is 32.1. The number of fused-ring (bicyclic) bond motifs is 1. The zero-order valence-corrected chi connectivity index (χ0v) is 19.9. The number of Topliss-reactive ketones (excluding diaryl/α,β-unsaturated/α-hetero) is 1. The molecule has 0 radical (unpaired) electrons. The number of halogens is 1. The number of anilines is 2. The normalized spacial score (nSPS) is 17.6. The van der Waals surface area contributed by atoms with Crippen LogP contribution < -0.4 is 10.2 Å². The minimum atomic E-state index is -0.400. The molecule has 1 aliphatic carbocycles. The van der Waals surface area contributed by atoms with Gasteiger partial charge in [-0.2, -0.15) is 5.26 Å². The van der Waals surface area contributed by atoms with Crippen molar-refractivity contribution < 1.29 is 14.0 Å². The van der Waals surface area contributed by atoms with Crippen LogP contribution in [0.25, 0.3) is 0 Å². The van der Waals surface area contributed by atoms with E-state index in [1.165, 1.54) is 24.3 Å². The SMILES string of the molecule is CC(=O)c1ccc(N2CCN([C@H](C)C(=O)Nc3sc4c(c3C#N)CCCCC4)CC2)c(F)c1. The Kier molecular flexibility index (Phi) is 7.11. The summed E-state index contributed by atoms with van der Waals surface area (Å²) in [5, 5.41) is 13.4. The number of thiophene rings is 1. The Bertz CT molecular complexity index is 1100. The Morgan fingerprint density at radius 3 is 2.55 bits per heavy atom. The third kappa shape index (κ3) is 4.94. The first-order chi connectivity index (χ1) is 15.9. The molecular formula is C25H29FN4O2S. The number of aryl methyl sites for hydroxylation is 1. The zero-order chi connectivity index (χ0) is 23.5. The minimum Gasteiger partial charge on any atom is -0.367 e. The summed E-state index contributed by atoms with van der Waals surface area (Å²) in [6, 6.07) is 6.55. The van der Waals surface area contributed by atoms with Crippen molar-refractivity contribution >= 4 is 33.7 Å². The van der Waals surface area contributed by atoms with Gasteiger partial charge in [-0.15, -0.1) is 11.3 Å². The Morgan fingerprint density at radius 2 is 1.88 bits per heavy atom. The van der Waals surface area contributed by atoms with Gasteiger partial charge >= 0.3 is 0 Å². The van der Waals surface area contributed by atoms with Crippen molar-refractivity contribution in [3.8, 4) is 6.07 Å². The van der Waals surface area contributed by atoms with Crippen LogP contribution in [0.15, 0.2) is 18.2 Å². The van der Waals surface area contributed by atoms with E-state index in [1.54, 1.807) is 23.5 Å². The van der Waals surface area contributed by atoms with Gasteiger partial charge in [0.05, 0.1) is 17.3 Å². The average Bonchev–Trinajstić information content (AvgIpc) is 2.97. The molecule has 2 aromatic rings. The number of benzene rings is 1. The second-order valence-electron chi connectivity index (χ2n) is 8.79. The molecular weight excluding hydrogens is 439 g/mol. The standard InChI is InChI=1S/C25H29FN4O2S/c1-16(24(32)28-25-20(15-27)19-6-4-3-5-7-23(19)33-25)29-10-12-30(13-11-29)22-9-8-18(17(2)31)14-21(22)26/h8-9,14,16H,3-7,10-13H2,1-2H3,(H,28,32)/t16-/m1/s1. The molecule has 8 heteroatoms. The maximum Gasteiger partial charge on any atom is 0.242 e. The van der Waals surface area contributed by atoms with E-state index in [-0.39, 0.29) is 17.7 Å². The fourth-order valence-corrected chi connectivity index (χ4v) is 5.91. The monoisotopic (exact) mass is 468 g/mol. The van der Waals surface area contributed by atoms with Crippen LogP contribution in [0.5, 0.6) is 0 Å². The van der Waals surface area contributed by atoms with Crippen LogP contribution in [0, 0.1) is 17.1 Å². The number of nitriles is 1. The smallest absolute Gasteiger partial charge is 0.242 e. The number of carbonyl (C=O) groups excluding carboxylic acids is 2. The van der Waals surface area contributed by atoms with E-state index in [0.29, 0.717) is 48.0 Å². The van der Waals surface area contributed by atoms with E-state index in [4.69, 9.17) is 0 Å². The highest BCUT2D eigenvalue weighted by Gasteiger charge is 2.28. The van der Waals surface area contributed by atoms with Crippen LogP contribution in [0.4, 0.5) is 15.1 Å². The summed E-state index contributed by atoms with van der Waals surface area (Å²) in [5.41, 5.74) is 2.60.